The number of carbonyl (C=O) groups excluding carboxylic acids is 1. The molecular formula is C12H8Br2ClNO2. The predicted molar refractivity (Wildman–Crippen MR) is 78.3 cm³/mol. The van der Waals surface area contributed by atoms with E-state index in [1.54, 1.807) is 6.07 Å². The summed E-state index contributed by atoms with van der Waals surface area (Å²) in [4.78, 5) is 14.6. The van der Waals surface area contributed by atoms with Crippen molar-refractivity contribution >= 4 is 60.6 Å². The highest BCUT2D eigenvalue weighted by Crippen LogP contribution is 2.38. The molecule has 0 aliphatic carbocycles. The molecule has 18 heavy (non-hydrogen) atoms. The summed E-state index contributed by atoms with van der Waals surface area (Å²) in [6.45, 7) is 0.313. The number of fused-ring (bicyclic) bond motifs is 1. The number of pyridine rings is 1. The Hall–Kier alpha value is -0.650. The fraction of sp³-hybridized carbons (Fsp3) is 0.167. The van der Waals surface area contributed by atoms with Gasteiger partial charge < -0.3 is 9.53 Å². The zero-order valence-electron chi connectivity index (χ0n) is 9.12. The van der Waals surface area contributed by atoms with Gasteiger partial charge in [-0.15, -0.1) is 0 Å². The van der Waals surface area contributed by atoms with Gasteiger partial charge >= 0.3 is 0 Å². The van der Waals surface area contributed by atoms with Crippen LogP contribution in [0, 0.1) is 0 Å². The van der Waals surface area contributed by atoms with Gasteiger partial charge in [0.05, 0.1) is 11.1 Å². The van der Waals surface area contributed by atoms with Crippen LogP contribution >= 0.6 is 43.5 Å². The molecule has 0 saturated carbocycles. The Kier molecular flexibility index (Phi) is 4.59. The first-order valence-electron chi connectivity index (χ1n) is 5.14. The first-order valence-corrected chi connectivity index (χ1v) is 7.10. The molecular weight excluding hydrogens is 385 g/mol. The molecule has 2 rings (SSSR count). The summed E-state index contributed by atoms with van der Waals surface area (Å²) in [5.74, 6) is 0.595. The number of halogens is 3. The van der Waals surface area contributed by atoms with Crippen LogP contribution in [0.5, 0.6) is 5.75 Å². The van der Waals surface area contributed by atoms with Crippen molar-refractivity contribution in [3.8, 4) is 5.75 Å². The van der Waals surface area contributed by atoms with E-state index in [1.807, 2.05) is 12.1 Å². The maximum Gasteiger partial charge on any atom is 0.159 e. The first kappa shape index (κ1) is 13.8. The molecule has 0 bridgehead atoms. The van der Waals surface area contributed by atoms with Crippen LogP contribution in [0.4, 0.5) is 0 Å². The van der Waals surface area contributed by atoms with Gasteiger partial charge in [0, 0.05) is 16.3 Å². The molecule has 2 aromatic rings. The molecule has 0 spiro atoms. The average molecular weight is 393 g/mol. The van der Waals surface area contributed by atoms with E-state index in [0.29, 0.717) is 29.4 Å². The number of aldehydes is 1. The quantitative estimate of drug-likeness (QED) is 0.440. The van der Waals surface area contributed by atoms with Crippen LogP contribution < -0.4 is 4.74 Å². The highest BCUT2D eigenvalue weighted by atomic mass is 79.9. The van der Waals surface area contributed by atoms with Crippen molar-refractivity contribution in [2.75, 3.05) is 6.61 Å². The summed E-state index contributed by atoms with van der Waals surface area (Å²) < 4.78 is 7.25. The van der Waals surface area contributed by atoms with E-state index in [4.69, 9.17) is 16.3 Å². The SMILES string of the molecule is O=CCCOc1c(Br)cc(Br)c2ccc(Cl)nc12. The van der Waals surface area contributed by atoms with E-state index in [0.717, 1.165) is 20.6 Å². The summed E-state index contributed by atoms with van der Waals surface area (Å²) in [6.07, 6.45) is 1.15. The number of hydrogen-bond donors (Lipinski definition) is 0. The third-order valence-electron chi connectivity index (χ3n) is 2.29. The lowest BCUT2D eigenvalue weighted by Crippen LogP contribution is -2.00. The number of carbonyl (C=O) groups is 1. The average Bonchev–Trinajstić information content (AvgIpc) is 2.33. The second-order valence-corrected chi connectivity index (χ2v) is 5.60. The molecule has 0 unspecified atom stereocenters. The number of ether oxygens (including phenoxy) is 1. The Labute approximate surface area is 126 Å². The smallest absolute Gasteiger partial charge is 0.159 e. The van der Waals surface area contributed by atoms with Crippen molar-refractivity contribution in [2.45, 2.75) is 6.42 Å². The van der Waals surface area contributed by atoms with Gasteiger partial charge in [0.15, 0.2) is 5.75 Å². The monoisotopic (exact) mass is 391 g/mol. The summed E-state index contributed by atoms with van der Waals surface area (Å²) in [5, 5.41) is 1.30. The maximum absolute atomic E-state index is 10.3. The van der Waals surface area contributed by atoms with Gasteiger partial charge in [-0.1, -0.05) is 27.5 Å². The van der Waals surface area contributed by atoms with Crippen molar-refractivity contribution in [2.24, 2.45) is 0 Å². The van der Waals surface area contributed by atoms with Gasteiger partial charge in [0.1, 0.15) is 17.0 Å². The molecule has 1 heterocycles. The summed E-state index contributed by atoms with van der Waals surface area (Å²) >= 11 is 12.8. The van der Waals surface area contributed by atoms with Crippen LogP contribution in [0.1, 0.15) is 6.42 Å². The molecule has 1 aromatic heterocycles. The lowest BCUT2D eigenvalue weighted by atomic mass is 10.2. The van der Waals surface area contributed by atoms with Crippen molar-refractivity contribution in [3.05, 3.63) is 32.3 Å². The standard InChI is InChI=1S/C12H8Br2ClNO2/c13-8-6-9(14)12(18-5-1-4-17)11-7(8)2-3-10(15)16-11/h2-4,6H,1,5H2. The van der Waals surface area contributed by atoms with E-state index < -0.39 is 0 Å². The molecule has 0 radical (unpaired) electrons. The Bertz CT molecular complexity index is 604. The number of hydrogen-bond acceptors (Lipinski definition) is 3. The van der Waals surface area contributed by atoms with Crippen molar-refractivity contribution in [3.63, 3.8) is 0 Å². The fourth-order valence-corrected chi connectivity index (χ4v) is 3.05. The minimum absolute atomic E-state index is 0.313. The van der Waals surface area contributed by atoms with Crippen molar-refractivity contribution in [1.29, 1.82) is 0 Å². The number of rotatable bonds is 4. The van der Waals surface area contributed by atoms with E-state index in [9.17, 15) is 4.79 Å². The van der Waals surface area contributed by atoms with Gasteiger partial charge in [0.25, 0.3) is 0 Å². The van der Waals surface area contributed by atoms with Crippen LogP contribution in [-0.2, 0) is 4.79 Å². The van der Waals surface area contributed by atoms with Crippen LogP contribution in [-0.4, -0.2) is 17.9 Å². The molecule has 0 atom stereocenters. The highest BCUT2D eigenvalue weighted by Gasteiger charge is 2.12. The predicted octanol–water partition coefficient (Wildman–Crippen LogP) is 4.38. The lowest BCUT2D eigenvalue weighted by molar-refractivity contribution is -0.108. The summed E-state index contributed by atoms with van der Waals surface area (Å²) in [7, 11) is 0. The number of benzene rings is 1. The molecule has 0 aliphatic heterocycles. The normalized spacial score (nSPS) is 10.6. The molecule has 94 valence electrons. The molecule has 0 aliphatic rings. The number of aromatic nitrogens is 1. The summed E-state index contributed by atoms with van der Waals surface area (Å²) in [6, 6.07) is 5.47. The van der Waals surface area contributed by atoms with Crippen LogP contribution in [0.15, 0.2) is 27.1 Å². The lowest BCUT2D eigenvalue weighted by Gasteiger charge is -2.11. The molecule has 0 N–H and O–H groups in total. The molecule has 1 aromatic carbocycles. The molecule has 6 heteroatoms. The summed E-state index contributed by atoms with van der Waals surface area (Å²) in [5.41, 5.74) is 0.662. The minimum Gasteiger partial charge on any atom is -0.490 e. The second kappa shape index (κ2) is 5.99. The van der Waals surface area contributed by atoms with Crippen molar-refractivity contribution in [1.82, 2.24) is 4.98 Å². The van der Waals surface area contributed by atoms with Crippen molar-refractivity contribution < 1.29 is 9.53 Å². The van der Waals surface area contributed by atoms with Crippen LogP contribution in [0.2, 0.25) is 5.15 Å². The van der Waals surface area contributed by atoms with Gasteiger partial charge in [-0.25, -0.2) is 4.98 Å². The Morgan fingerprint density at radius 1 is 1.33 bits per heavy atom. The Balaban J connectivity index is 2.55. The molecule has 3 nitrogen and oxygen atoms in total. The maximum atomic E-state index is 10.3. The second-order valence-electron chi connectivity index (χ2n) is 3.50. The largest absolute Gasteiger partial charge is 0.490 e. The highest BCUT2D eigenvalue weighted by molar-refractivity contribution is 9.11. The van der Waals surface area contributed by atoms with Gasteiger partial charge in [0.2, 0.25) is 0 Å². The van der Waals surface area contributed by atoms with E-state index in [-0.39, 0.29) is 0 Å². The minimum atomic E-state index is 0.313. The molecule has 0 amide bonds. The van der Waals surface area contributed by atoms with E-state index >= 15 is 0 Å². The fourth-order valence-electron chi connectivity index (χ4n) is 1.52. The number of nitrogens with zero attached hydrogens (tertiary/aromatic N) is 1. The topological polar surface area (TPSA) is 39.2 Å². The zero-order valence-corrected chi connectivity index (χ0v) is 13.0. The Morgan fingerprint density at radius 2 is 2.11 bits per heavy atom. The van der Waals surface area contributed by atoms with Gasteiger partial charge in [-0.05, 0) is 34.1 Å². The molecule has 0 fully saturated rings. The van der Waals surface area contributed by atoms with Gasteiger partial charge in [-0.2, -0.15) is 0 Å². The third kappa shape index (κ3) is 2.84. The van der Waals surface area contributed by atoms with E-state index in [2.05, 4.69) is 36.8 Å². The van der Waals surface area contributed by atoms with Crippen LogP contribution in [0.3, 0.4) is 0 Å². The van der Waals surface area contributed by atoms with E-state index in [1.165, 1.54) is 0 Å². The molecule has 0 saturated heterocycles. The Morgan fingerprint density at radius 3 is 2.83 bits per heavy atom. The zero-order chi connectivity index (χ0) is 13.1. The van der Waals surface area contributed by atoms with Gasteiger partial charge in [-0.3, -0.25) is 0 Å². The van der Waals surface area contributed by atoms with Crippen LogP contribution in [0.25, 0.3) is 10.9 Å². The third-order valence-corrected chi connectivity index (χ3v) is 3.74. The first-order chi connectivity index (χ1) is 8.63.